The van der Waals surface area contributed by atoms with Crippen LogP contribution in [-0.4, -0.2) is 31.7 Å². The third-order valence-corrected chi connectivity index (χ3v) is 3.95. The highest BCUT2D eigenvalue weighted by atomic mass is 16.5. The van der Waals surface area contributed by atoms with E-state index < -0.39 is 0 Å². The predicted molar refractivity (Wildman–Crippen MR) is 75.5 cm³/mol. The molecule has 1 saturated heterocycles. The van der Waals surface area contributed by atoms with Crippen LogP contribution < -0.4 is 10.2 Å². The predicted octanol–water partition coefficient (Wildman–Crippen LogP) is 1.74. The lowest BCUT2D eigenvalue weighted by molar-refractivity contribution is -0.120. The number of nitrogens with zero attached hydrogens (tertiary/aromatic N) is 2. The molecule has 0 saturated carbocycles. The Kier molecular flexibility index (Phi) is 3.33. The minimum Gasteiger partial charge on any atom is -0.378 e. The van der Waals surface area contributed by atoms with Crippen molar-refractivity contribution in [3.8, 4) is 6.07 Å². The van der Waals surface area contributed by atoms with E-state index in [2.05, 4.69) is 23.2 Å². The summed E-state index contributed by atoms with van der Waals surface area (Å²) in [5, 5.41) is 12.0. The number of carbonyl (C=O) groups excluding carboxylic acids is 1. The van der Waals surface area contributed by atoms with Gasteiger partial charge in [-0.1, -0.05) is 6.92 Å². The number of benzene rings is 1. The van der Waals surface area contributed by atoms with Crippen LogP contribution in [0, 0.1) is 17.2 Å². The van der Waals surface area contributed by atoms with E-state index in [9.17, 15) is 4.79 Å². The molecule has 3 rings (SSSR count). The molecule has 2 heterocycles. The Morgan fingerprint density at radius 3 is 3.10 bits per heavy atom. The van der Waals surface area contributed by atoms with Gasteiger partial charge in [-0.3, -0.25) is 4.79 Å². The monoisotopic (exact) mass is 271 g/mol. The second-order valence-corrected chi connectivity index (χ2v) is 5.24. The van der Waals surface area contributed by atoms with Gasteiger partial charge in [-0.05, 0) is 24.6 Å². The van der Waals surface area contributed by atoms with Gasteiger partial charge in [0.25, 0.3) is 0 Å². The van der Waals surface area contributed by atoms with Crippen molar-refractivity contribution in [3.63, 3.8) is 0 Å². The van der Waals surface area contributed by atoms with Gasteiger partial charge in [-0.2, -0.15) is 5.26 Å². The fourth-order valence-electron chi connectivity index (χ4n) is 2.98. The first-order valence-corrected chi connectivity index (χ1v) is 6.94. The zero-order valence-corrected chi connectivity index (χ0v) is 11.4. The van der Waals surface area contributed by atoms with Gasteiger partial charge in [0.2, 0.25) is 5.91 Å². The van der Waals surface area contributed by atoms with Crippen molar-refractivity contribution in [2.75, 3.05) is 30.0 Å². The SMILES string of the molecule is CCCN1c2cc(C#N)ccc2NC(=O)C2COCC21. The van der Waals surface area contributed by atoms with E-state index in [1.165, 1.54) is 0 Å². The molecule has 2 aliphatic heterocycles. The van der Waals surface area contributed by atoms with Crippen molar-refractivity contribution >= 4 is 17.3 Å². The van der Waals surface area contributed by atoms with E-state index in [-0.39, 0.29) is 17.9 Å². The third kappa shape index (κ3) is 2.02. The first-order chi connectivity index (χ1) is 9.74. The first-order valence-electron chi connectivity index (χ1n) is 6.94. The summed E-state index contributed by atoms with van der Waals surface area (Å²) in [6, 6.07) is 7.63. The molecular weight excluding hydrogens is 254 g/mol. The molecule has 0 spiro atoms. The van der Waals surface area contributed by atoms with Gasteiger partial charge < -0.3 is 15.0 Å². The average molecular weight is 271 g/mol. The Morgan fingerprint density at radius 1 is 1.50 bits per heavy atom. The first kappa shape index (κ1) is 12.9. The zero-order chi connectivity index (χ0) is 14.1. The van der Waals surface area contributed by atoms with Gasteiger partial charge in [-0.15, -0.1) is 0 Å². The van der Waals surface area contributed by atoms with Gasteiger partial charge >= 0.3 is 0 Å². The smallest absolute Gasteiger partial charge is 0.232 e. The van der Waals surface area contributed by atoms with E-state index >= 15 is 0 Å². The molecule has 20 heavy (non-hydrogen) atoms. The quantitative estimate of drug-likeness (QED) is 0.890. The molecule has 5 nitrogen and oxygen atoms in total. The molecule has 2 aliphatic rings. The average Bonchev–Trinajstić information content (AvgIpc) is 2.91. The number of fused-ring (bicyclic) bond motifs is 2. The van der Waals surface area contributed by atoms with Crippen LogP contribution in [0.1, 0.15) is 18.9 Å². The van der Waals surface area contributed by atoms with Gasteiger partial charge in [0.05, 0.1) is 48.2 Å². The highest BCUT2D eigenvalue weighted by molar-refractivity contribution is 5.98. The molecule has 1 amide bonds. The van der Waals surface area contributed by atoms with Crippen molar-refractivity contribution in [3.05, 3.63) is 23.8 Å². The van der Waals surface area contributed by atoms with Crippen LogP contribution in [0.25, 0.3) is 0 Å². The van der Waals surface area contributed by atoms with Crippen LogP contribution in [0.2, 0.25) is 0 Å². The third-order valence-electron chi connectivity index (χ3n) is 3.95. The summed E-state index contributed by atoms with van der Waals surface area (Å²) in [4.78, 5) is 14.5. The number of nitriles is 1. The molecule has 0 aromatic heterocycles. The van der Waals surface area contributed by atoms with Crippen molar-refractivity contribution < 1.29 is 9.53 Å². The summed E-state index contributed by atoms with van der Waals surface area (Å²) in [5.74, 6) is -0.128. The molecule has 5 heteroatoms. The summed E-state index contributed by atoms with van der Waals surface area (Å²) >= 11 is 0. The Bertz CT molecular complexity index is 579. The number of hydrogen-bond donors (Lipinski definition) is 1. The van der Waals surface area contributed by atoms with Crippen LogP contribution in [0.4, 0.5) is 11.4 Å². The van der Waals surface area contributed by atoms with E-state index in [0.717, 1.165) is 24.3 Å². The van der Waals surface area contributed by atoms with Crippen molar-refractivity contribution in [1.29, 1.82) is 5.26 Å². The van der Waals surface area contributed by atoms with Crippen LogP contribution in [0.5, 0.6) is 0 Å². The van der Waals surface area contributed by atoms with E-state index in [1.54, 1.807) is 6.07 Å². The standard InChI is InChI=1S/C15H17N3O2/c1-2-5-18-13-6-10(7-16)3-4-12(13)17-15(19)11-8-20-9-14(11)18/h3-4,6,11,14H,2,5,8-9H2,1H3,(H,17,19). The Labute approximate surface area is 118 Å². The molecule has 0 aliphatic carbocycles. The maximum atomic E-state index is 12.3. The molecule has 1 N–H and O–H groups in total. The molecule has 104 valence electrons. The van der Waals surface area contributed by atoms with Crippen LogP contribution >= 0.6 is 0 Å². The number of hydrogen-bond acceptors (Lipinski definition) is 4. The topological polar surface area (TPSA) is 65.4 Å². The summed E-state index contributed by atoms with van der Waals surface area (Å²) < 4.78 is 5.50. The number of carbonyl (C=O) groups is 1. The lowest BCUT2D eigenvalue weighted by Crippen LogP contribution is -2.43. The molecule has 0 radical (unpaired) electrons. The fourth-order valence-corrected chi connectivity index (χ4v) is 2.98. The normalized spacial score (nSPS) is 24.4. The Morgan fingerprint density at radius 2 is 2.35 bits per heavy atom. The summed E-state index contributed by atoms with van der Waals surface area (Å²) in [6.07, 6.45) is 0.980. The van der Waals surface area contributed by atoms with E-state index in [0.29, 0.717) is 18.8 Å². The second kappa shape index (κ2) is 5.14. The molecular formula is C15H17N3O2. The van der Waals surface area contributed by atoms with Gasteiger partial charge in [0.1, 0.15) is 0 Å². The van der Waals surface area contributed by atoms with Gasteiger partial charge in [-0.25, -0.2) is 0 Å². The fraction of sp³-hybridized carbons (Fsp3) is 0.467. The van der Waals surface area contributed by atoms with Gasteiger partial charge in [0, 0.05) is 6.54 Å². The highest BCUT2D eigenvalue weighted by Gasteiger charge is 2.41. The lowest BCUT2D eigenvalue weighted by Gasteiger charge is -2.31. The molecule has 0 bridgehead atoms. The zero-order valence-electron chi connectivity index (χ0n) is 11.4. The maximum Gasteiger partial charge on any atom is 0.232 e. The van der Waals surface area contributed by atoms with Crippen LogP contribution in [-0.2, 0) is 9.53 Å². The van der Waals surface area contributed by atoms with E-state index in [4.69, 9.17) is 10.00 Å². The second-order valence-electron chi connectivity index (χ2n) is 5.24. The Hall–Kier alpha value is -2.06. The molecule has 1 aromatic carbocycles. The number of ether oxygens (including phenoxy) is 1. The minimum absolute atomic E-state index is 0.0112. The van der Waals surface area contributed by atoms with Crippen LogP contribution in [0.3, 0.4) is 0 Å². The summed E-state index contributed by atoms with van der Waals surface area (Å²) in [7, 11) is 0. The lowest BCUT2D eigenvalue weighted by atomic mass is 10.0. The number of anilines is 2. The van der Waals surface area contributed by atoms with Crippen molar-refractivity contribution in [1.82, 2.24) is 0 Å². The summed E-state index contributed by atoms with van der Waals surface area (Å²) in [6.45, 7) is 3.99. The van der Waals surface area contributed by atoms with Crippen LogP contribution in [0.15, 0.2) is 18.2 Å². The highest BCUT2D eigenvalue weighted by Crippen LogP contribution is 2.36. The largest absolute Gasteiger partial charge is 0.378 e. The Balaban J connectivity index is 2.09. The molecule has 2 unspecified atom stereocenters. The van der Waals surface area contributed by atoms with Crippen molar-refractivity contribution in [2.24, 2.45) is 5.92 Å². The number of rotatable bonds is 2. The van der Waals surface area contributed by atoms with Crippen molar-refractivity contribution in [2.45, 2.75) is 19.4 Å². The molecule has 2 atom stereocenters. The van der Waals surface area contributed by atoms with E-state index in [1.807, 2.05) is 12.1 Å². The minimum atomic E-state index is -0.139. The van der Waals surface area contributed by atoms with Gasteiger partial charge in [0.15, 0.2) is 0 Å². The number of nitrogens with one attached hydrogen (secondary N) is 1. The maximum absolute atomic E-state index is 12.3. The number of amides is 1. The molecule has 1 fully saturated rings. The summed E-state index contributed by atoms with van der Waals surface area (Å²) in [5.41, 5.74) is 2.32. The molecule has 1 aromatic rings.